The van der Waals surface area contributed by atoms with E-state index in [1.807, 2.05) is 39.8 Å². The van der Waals surface area contributed by atoms with Crippen molar-refractivity contribution < 1.29 is 4.21 Å². The number of hydrogen-bond donors (Lipinski definition) is 1. The van der Waals surface area contributed by atoms with Crippen LogP contribution in [0.1, 0.15) is 44.9 Å². The van der Waals surface area contributed by atoms with Gasteiger partial charge in [-0.3, -0.25) is 0 Å². The van der Waals surface area contributed by atoms with E-state index in [1.165, 1.54) is 0 Å². The van der Waals surface area contributed by atoms with Crippen LogP contribution in [-0.4, -0.2) is 8.96 Å². The predicted molar refractivity (Wildman–Crippen MR) is 70.6 cm³/mol. The van der Waals surface area contributed by atoms with Crippen molar-refractivity contribution in [3.8, 4) is 6.07 Å². The molecule has 3 nitrogen and oxygen atoms in total. The molecule has 4 heteroatoms. The molecule has 2 atom stereocenters. The SMILES string of the molecule is C[C@H](N[S@@](=O)C(C)(C)C)c1ccc(C#N)cc1. The molecule has 0 fully saturated rings. The molecule has 0 aliphatic rings. The van der Waals surface area contributed by atoms with Crippen molar-refractivity contribution in [3.05, 3.63) is 35.4 Å². The van der Waals surface area contributed by atoms with E-state index in [9.17, 15) is 4.21 Å². The first kappa shape index (κ1) is 13.9. The molecule has 0 unspecified atom stereocenters. The Morgan fingerprint density at radius 3 is 2.24 bits per heavy atom. The molecule has 92 valence electrons. The lowest BCUT2D eigenvalue weighted by Crippen LogP contribution is -2.34. The smallest absolute Gasteiger partial charge is 0.0991 e. The van der Waals surface area contributed by atoms with Crippen molar-refractivity contribution >= 4 is 11.0 Å². The van der Waals surface area contributed by atoms with E-state index >= 15 is 0 Å². The van der Waals surface area contributed by atoms with Crippen LogP contribution in [0.5, 0.6) is 0 Å². The maximum atomic E-state index is 11.9. The van der Waals surface area contributed by atoms with E-state index in [4.69, 9.17) is 5.26 Å². The second-order valence-electron chi connectivity index (χ2n) is 4.95. The Kier molecular flexibility index (Phi) is 4.44. The topological polar surface area (TPSA) is 52.9 Å². The van der Waals surface area contributed by atoms with Gasteiger partial charge in [-0.1, -0.05) is 12.1 Å². The minimum absolute atomic E-state index is 0.00259. The summed E-state index contributed by atoms with van der Waals surface area (Å²) >= 11 is 0. The fourth-order valence-corrected chi connectivity index (χ4v) is 2.06. The molecule has 0 spiro atoms. The van der Waals surface area contributed by atoms with Crippen molar-refractivity contribution in [1.82, 2.24) is 4.72 Å². The fourth-order valence-electron chi connectivity index (χ4n) is 1.25. The van der Waals surface area contributed by atoms with E-state index in [-0.39, 0.29) is 10.8 Å². The first-order valence-electron chi connectivity index (χ1n) is 5.52. The van der Waals surface area contributed by atoms with Crippen LogP contribution in [0.3, 0.4) is 0 Å². The van der Waals surface area contributed by atoms with Gasteiger partial charge in [-0.05, 0) is 45.4 Å². The molecule has 0 amide bonds. The summed E-state index contributed by atoms with van der Waals surface area (Å²) in [7, 11) is -1.09. The summed E-state index contributed by atoms with van der Waals surface area (Å²) in [5.41, 5.74) is 1.67. The summed E-state index contributed by atoms with van der Waals surface area (Å²) in [6.45, 7) is 7.76. The molecule has 17 heavy (non-hydrogen) atoms. The van der Waals surface area contributed by atoms with E-state index in [0.29, 0.717) is 5.56 Å². The van der Waals surface area contributed by atoms with Gasteiger partial charge in [0.05, 0.1) is 27.4 Å². The summed E-state index contributed by atoms with van der Waals surface area (Å²) in [6, 6.07) is 9.39. The molecule has 1 rings (SSSR count). The van der Waals surface area contributed by atoms with Gasteiger partial charge in [0.1, 0.15) is 0 Å². The van der Waals surface area contributed by atoms with Crippen LogP contribution in [0.2, 0.25) is 0 Å². The van der Waals surface area contributed by atoms with Gasteiger partial charge in [0, 0.05) is 6.04 Å². The molecule has 1 N–H and O–H groups in total. The number of nitriles is 1. The molecular weight excluding hydrogens is 232 g/mol. The number of nitrogens with one attached hydrogen (secondary N) is 1. The van der Waals surface area contributed by atoms with Crippen LogP contribution >= 0.6 is 0 Å². The molecule has 0 heterocycles. The second-order valence-corrected chi connectivity index (χ2v) is 6.95. The summed E-state index contributed by atoms with van der Waals surface area (Å²) in [4.78, 5) is 0. The molecule has 0 aliphatic heterocycles. The molecule has 0 saturated heterocycles. The summed E-state index contributed by atoms with van der Waals surface area (Å²) < 4.78 is 14.7. The number of rotatable bonds is 3. The predicted octanol–water partition coefficient (Wildman–Crippen LogP) is 2.67. The summed E-state index contributed by atoms with van der Waals surface area (Å²) in [6.07, 6.45) is 0. The average molecular weight is 250 g/mol. The third kappa shape index (κ3) is 3.95. The molecular formula is C13H18N2OS. The van der Waals surface area contributed by atoms with Crippen LogP contribution in [-0.2, 0) is 11.0 Å². The third-order valence-electron chi connectivity index (χ3n) is 2.38. The fraction of sp³-hybridized carbons (Fsp3) is 0.462. The number of benzene rings is 1. The highest BCUT2D eigenvalue weighted by Crippen LogP contribution is 2.17. The molecule has 0 aliphatic carbocycles. The Labute approximate surface area is 105 Å². The second kappa shape index (κ2) is 5.44. The Hall–Kier alpha value is -1.18. The molecule has 0 radical (unpaired) electrons. The highest BCUT2D eigenvalue weighted by Gasteiger charge is 2.21. The van der Waals surface area contributed by atoms with Crippen LogP contribution < -0.4 is 4.72 Å². The van der Waals surface area contributed by atoms with Crippen molar-refractivity contribution in [1.29, 1.82) is 5.26 Å². The Morgan fingerprint density at radius 1 is 1.29 bits per heavy atom. The first-order chi connectivity index (χ1) is 7.84. The van der Waals surface area contributed by atoms with Gasteiger partial charge in [0.2, 0.25) is 0 Å². The number of hydrogen-bond acceptors (Lipinski definition) is 2. The van der Waals surface area contributed by atoms with Gasteiger partial charge in [-0.15, -0.1) is 0 Å². The lowest BCUT2D eigenvalue weighted by Gasteiger charge is -2.22. The van der Waals surface area contributed by atoms with Crippen molar-refractivity contribution in [2.75, 3.05) is 0 Å². The minimum atomic E-state index is -1.09. The molecule has 0 bridgehead atoms. The van der Waals surface area contributed by atoms with Gasteiger partial charge in [-0.25, -0.2) is 8.93 Å². The zero-order valence-electron chi connectivity index (χ0n) is 10.7. The van der Waals surface area contributed by atoms with Gasteiger partial charge in [0.25, 0.3) is 0 Å². The summed E-state index contributed by atoms with van der Waals surface area (Å²) in [5, 5.41) is 8.70. The maximum Gasteiger partial charge on any atom is 0.0991 e. The van der Waals surface area contributed by atoms with Gasteiger partial charge < -0.3 is 0 Å². The molecule has 1 aromatic rings. The number of nitrogens with zero attached hydrogens (tertiary/aromatic N) is 1. The standard InChI is InChI=1S/C13H18N2OS/c1-10(15-17(16)13(2,3)4)12-7-5-11(9-14)6-8-12/h5-8,10,15H,1-4H3/t10-,17-/m0/s1. The Morgan fingerprint density at radius 2 is 1.82 bits per heavy atom. The Balaban J connectivity index is 2.74. The maximum absolute atomic E-state index is 11.9. The van der Waals surface area contributed by atoms with Gasteiger partial charge >= 0.3 is 0 Å². The van der Waals surface area contributed by atoms with E-state index in [0.717, 1.165) is 5.56 Å². The van der Waals surface area contributed by atoms with Crippen LogP contribution in [0.4, 0.5) is 0 Å². The zero-order chi connectivity index (χ0) is 13.1. The highest BCUT2D eigenvalue weighted by atomic mass is 32.2. The zero-order valence-corrected chi connectivity index (χ0v) is 11.5. The Bertz CT molecular complexity index is 440. The van der Waals surface area contributed by atoms with E-state index in [1.54, 1.807) is 12.1 Å². The van der Waals surface area contributed by atoms with E-state index in [2.05, 4.69) is 10.8 Å². The molecule has 0 aromatic heterocycles. The van der Waals surface area contributed by atoms with Crippen LogP contribution in [0.15, 0.2) is 24.3 Å². The van der Waals surface area contributed by atoms with Crippen molar-refractivity contribution in [3.63, 3.8) is 0 Å². The quantitative estimate of drug-likeness (QED) is 0.896. The van der Waals surface area contributed by atoms with Crippen molar-refractivity contribution in [2.45, 2.75) is 38.5 Å². The van der Waals surface area contributed by atoms with Crippen molar-refractivity contribution in [2.24, 2.45) is 0 Å². The van der Waals surface area contributed by atoms with E-state index < -0.39 is 11.0 Å². The molecule has 0 saturated carbocycles. The minimum Gasteiger partial charge on any atom is -0.242 e. The van der Waals surface area contributed by atoms with Gasteiger partial charge in [0.15, 0.2) is 0 Å². The normalized spacial score (nSPS) is 15.0. The monoisotopic (exact) mass is 250 g/mol. The largest absolute Gasteiger partial charge is 0.242 e. The van der Waals surface area contributed by atoms with Crippen LogP contribution in [0.25, 0.3) is 0 Å². The molecule has 1 aromatic carbocycles. The third-order valence-corrected chi connectivity index (χ3v) is 4.06. The highest BCUT2D eigenvalue weighted by molar-refractivity contribution is 7.84. The summed E-state index contributed by atoms with van der Waals surface area (Å²) in [5.74, 6) is 0. The lowest BCUT2D eigenvalue weighted by atomic mass is 10.1. The lowest BCUT2D eigenvalue weighted by molar-refractivity contribution is 0.616. The van der Waals surface area contributed by atoms with Gasteiger partial charge in [-0.2, -0.15) is 5.26 Å². The average Bonchev–Trinajstić information content (AvgIpc) is 2.27. The first-order valence-corrected chi connectivity index (χ1v) is 6.67. The van der Waals surface area contributed by atoms with Crippen LogP contribution in [0, 0.1) is 11.3 Å².